The van der Waals surface area contributed by atoms with E-state index >= 15 is 0 Å². The van der Waals surface area contributed by atoms with E-state index in [9.17, 15) is 4.79 Å². The van der Waals surface area contributed by atoms with Crippen LogP contribution in [0.4, 0.5) is 5.69 Å². The number of benzene rings is 1. The number of halogens is 1. The molecule has 0 spiro atoms. The van der Waals surface area contributed by atoms with Gasteiger partial charge < -0.3 is 15.7 Å². The van der Waals surface area contributed by atoms with Gasteiger partial charge in [0.25, 0.3) is 0 Å². The van der Waals surface area contributed by atoms with Gasteiger partial charge in [-0.25, -0.2) is 0 Å². The lowest BCUT2D eigenvalue weighted by Gasteiger charge is -2.21. The third kappa shape index (κ3) is 4.55. The zero-order chi connectivity index (χ0) is 12.1. The molecule has 1 heterocycles. The van der Waals surface area contributed by atoms with Gasteiger partial charge in [0.15, 0.2) is 0 Å². The lowest BCUT2D eigenvalue weighted by Crippen LogP contribution is -2.30. The number of piperidine rings is 1. The average molecular weight is 271 g/mol. The van der Waals surface area contributed by atoms with Gasteiger partial charge in [-0.2, -0.15) is 0 Å². The first-order valence-corrected chi connectivity index (χ1v) is 6.03. The second-order valence-electron chi connectivity index (χ2n) is 4.49. The molecule has 0 unspecified atom stereocenters. The number of phenols is 1. The van der Waals surface area contributed by atoms with E-state index in [1.165, 1.54) is 0 Å². The van der Waals surface area contributed by atoms with Crippen molar-refractivity contribution in [2.24, 2.45) is 5.92 Å². The third-order valence-corrected chi connectivity index (χ3v) is 3.08. The van der Waals surface area contributed by atoms with Crippen LogP contribution in [0.2, 0.25) is 0 Å². The molecule has 2 rings (SSSR count). The van der Waals surface area contributed by atoms with Gasteiger partial charge in [-0.05, 0) is 56.1 Å². The number of phenolic OH excluding ortho intramolecular Hbond substituents is 1. The van der Waals surface area contributed by atoms with Gasteiger partial charge >= 0.3 is 0 Å². The van der Waals surface area contributed by atoms with E-state index in [1.807, 2.05) is 0 Å². The summed E-state index contributed by atoms with van der Waals surface area (Å²) in [5.41, 5.74) is 0.738. The highest BCUT2D eigenvalue weighted by atomic mass is 35.5. The van der Waals surface area contributed by atoms with Crippen LogP contribution in [0.25, 0.3) is 0 Å². The second kappa shape index (κ2) is 7.24. The molecule has 100 valence electrons. The van der Waals surface area contributed by atoms with Crippen LogP contribution in [0.3, 0.4) is 0 Å². The summed E-state index contributed by atoms with van der Waals surface area (Å²) in [6.07, 6.45) is 2.73. The number of anilines is 1. The highest BCUT2D eigenvalue weighted by Gasteiger charge is 2.16. The SMILES string of the molecule is Cl.O=C(CC1CCNCC1)Nc1ccc(O)cc1. The fourth-order valence-electron chi connectivity index (χ4n) is 2.10. The zero-order valence-electron chi connectivity index (χ0n) is 10.2. The summed E-state index contributed by atoms with van der Waals surface area (Å²) in [7, 11) is 0. The molecule has 4 nitrogen and oxygen atoms in total. The van der Waals surface area contributed by atoms with E-state index < -0.39 is 0 Å². The molecule has 0 radical (unpaired) electrons. The van der Waals surface area contributed by atoms with Crippen LogP contribution in [0.5, 0.6) is 5.75 Å². The first-order valence-electron chi connectivity index (χ1n) is 6.03. The van der Waals surface area contributed by atoms with Gasteiger partial charge in [0.05, 0.1) is 0 Å². The number of carbonyl (C=O) groups is 1. The maximum Gasteiger partial charge on any atom is 0.224 e. The van der Waals surface area contributed by atoms with Crippen LogP contribution in [-0.4, -0.2) is 24.1 Å². The van der Waals surface area contributed by atoms with E-state index in [4.69, 9.17) is 5.11 Å². The molecular formula is C13H19ClN2O2. The molecule has 1 amide bonds. The number of carbonyl (C=O) groups excluding carboxylic acids is 1. The lowest BCUT2D eigenvalue weighted by atomic mass is 9.94. The van der Waals surface area contributed by atoms with Crippen LogP contribution in [0.15, 0.2) is 24.3 Å². The fraction of sp³-hybridized carbons (Fsp3) is 0.462. The number of hydrogen-bond acceptors (Lipinski definition) is 3. The normalized spacial score (nSPS) is 15.8. The molecule has 0 bridgehead atoms. The lowest BCUT2D eigenvalue weighted by molar-refractivity contribution is -0.117. The van der Waals surface area contributed by atoms with Crippen LogP contribution in [-0.2, 0) is 4.79 Å². The molecule has 3 N–H and O–H groups in total. The van der Waals surface area contributed by atoms with Gasteiger partial charge in [0.2, 0.25) is 5.91 Å². The maximum atomic E-state index is 11.8. The van der Waals surface area contributed by atoms with Crippen molar-refractivity contribution in [1.82, 2.24) is 5.32 Å². The molecule has 0 aliphatic carbocycles. The van der Waals surface area contributed by atoms with Crippen molar-refractivity contribution in [3.63, 3.8) is 0 Å². The first-order chi connectivity index (χ1) is 8.24. The zero-order valence-corrected chi connectivity index (χ0v) is 11.0. The Morgan fingerprint density at radius 3 is 2.50 bits per heavy atom. The summed E-state index contributed by atoms with van der Waals surface area (Å²) < 4.78 is 0. The van der Waals surface area contributed by atoms with Crippen molar-refractivity contribution in [2.75, 3.05) is 18.4 Å². The maximum absolute atomic E-state index is 11.8. The summed E-state index contributed by atoms with van der Waals surface area (Å²) in [6.45, 7) is 2.02. The highest BCUT2D eigenvalue weighted by Crippen LogP contribution is 2.18. The Balaban J connectivity index is 0.00000162. The van der Waals surface area contributed by atoms with Crippen LogP contribution in [0, 0.1) is 5.92 Å². The van der Waals surface area contributed by atoms with E-state index in [1.54, 1.807) is 24.3 Å². The molecule has 18 heavy (non-hydrogen) atoms. The minimum atomic E-state index is 0. The van der Waals surface area contributed by atoms with E-state index in [2.05, 4.69) is 10.6 Å². The van der Waals surface area contributed by atoms with Crippen molar-refractivity contribution in [2.45, 2.75) is 19.3 Å². The summed E-state index contributed by atoms with van der Waals surface area (Å²) in [4.78, 5) is 11.8. The molecule has 1 aromatic carbocycles. The van der Waals surface area contributed by atoms with Gasteiger partial charge in [-0.3, -0.25) is 4.79 Å². The smallest absolute Gasteiger partial charge is 0.224 e. The number of nitrogens with one attached hydrogen (secondary N) is 2. The molecule has 1 aliphatic heterocycles. The number of amides is 1. The van der Waals surface area contributed by atoms with Crippen molar-refractivity contribution < 1.29 is 9.90 Å². The average Bonchev–Trinajstić information content (AvgIpc) is 2.33. The van der Waals surface area contributed by atoms with Crippen molar-refractivity contribution in [3.05, 3.63) is 24.3 Å². The van der Waals surface area contributed by atoms with Crippen molar-refractivity contribution in [1.29, 1.82) is 0 Å². The summed E-state index contributed by atoms with van der Waals surface area (Å²) in [5.74, 6) is 0.761. The van der Waals surface area contributed by atoms with Gasteiger partial charge in [-0.1, -0.05) is 0 Å². The summed E-state index contributed by atoms with van der Waals surface area (Å²) >= 11 is 0. The molecule has 1 aliphatic rings. The Hall–Kier alpha value is -1.26. The van der Waals surface area contributed by atoms with Gasteiger partial charge in [0, 0.05) is 12.1 Å². The molecule has 1 fully saturated rings. The molecule has 5 heteroatoms. The van der Waals surface area contributed by atoms with E-state index in [0.717, 1.165) is 31.6 Å². The summed E-state index contributed by atoms with van der Waals surface area (Å²) in [5, 5.41) is 15.3. The van der Waals surface area contributed by atoms with Crippen molar-refractivity contribution >= 4 is 24.0 Å². The predicted molar refractivity (Wildman–Crippen MR) is 74.2 cm³/mol. The minimum absolute atomic E-state index is 0. The Kier molecular flexibility index (Phi) is 5.95. The molecule has 1 saturated heterocycles. The van der Waals surface area contributed by atoms with E-state index in [0.29, 0.717) is 12.3 Å². The largest absolute Gasteiger partial charge is 0.508 e. The van der Waals surface area contributed by atoms with E-state index in [-0.39, 0.29) is 24.1 Å². The standard InChI is InChI=1S/C13H18N2O2.ClH/c16-12-3-1-11(2-4-12)15-13(17)9-10-5-7-14-8-6-10;/h1-4,10,14,16H,5-9H2,(H,15,17);1H. The predicted octanol–water partition coefficient (Wildman–Crippen LogP) is 2.14. The topological polar surface area (TPSA) is 61.4 Å². The minimum Gasteiger partial charge on any atom is -0.508 e. The Morgan fingerprint density at radius 1 is 1.28 bits per heavy atom. The number of hydrogen-bond donors (Lipinski definition) is 3. The van der Waals surface area contributed by atoms with Crippen molar-refractivity contribution in [3.8, 4) is 5.75 Å². The second-order valence-corrected chi connectivity index (χ2v) is 4.49. The monoisotopic (exact) mass is 270 g/mol. The molecule has 1 aromatic rings. The molecule has 0 saturated carbocycles. The first kappa shape index (κ1) is 14.8. The number of rotatable bonds is 3. The van der Waals surface area contributed by atoms with Crippen LogP contribution >= 0.6 is 12.4 Å². The van der Waals surface area contributed by atoms with Crippen LogP contribution in [0.1, 0.15) is 19.3 Å². The molecular weight excluding hydrogens is 252 g/mol. The quantitative estimate of drug-likeness (QED) is 0.738. The fourth-order valence-corrected chi connectivity index (χ4v) is 2.10. The highest BCUT2D eigenvalue weighted by molar-refractivity contribution is 5.90. The Bertz CT molecular complexity index is 375. The number of aromatic hydroxyl groups is 1. The Morgan fingerprint density at radius 2 is 1.89 bits per heavy atom. The third-order valence-electron chi connectivity index (χ3n) is 3.08. The Labute approximate surface area is 113 Å². The molecule has 0 aromatic heterocycles. The van der Waals surface area contributed by atoms with Gasteiger partial charge in [-0.15, -0.1) is 12.4 Å². The summed E-state index contributed by atoms with van der Waals surface area (Å²) in [6, 6.07) is 6.55. The van der Waals surface area contributed by atoms with Gasteiger partial charge in [0.1, 0.15) is 5.75 Å². The van der Waals surface area contributed by atoms with Crippen LogP contribution < -0.4 is 10.6 Å². The molecule has 0 atom stereocenters.